The molecule has 2 nitrogen and oxygen atoms in total. The second-order valence-electron chi connectivity index (χ2n) is 6.07. The van der Waals surface area contributed by atoms with Crippen LogP contribution in [-0.4, -0.2) is 11.5 Å². The Morgan fingerprint density at radius 1 is 1.21 bits per heavy atom. The van der Waals surface area contributed by atoms with E-state index in [0.29, 0.717) is 6.42 Å². The van der Waals surface area contributed by atoms with E-state index in [1.807, 2.05) is 12.1 Å². The lowest BCUT2D eigenvalue weighted by Gasteiger charge is -2.32. The van der Waals surface area contributed by atoms with Crippen LogP contribution in [0.2, 0.25) is 0 Å². The number of carbonyl (C=O) groups excluding carboxylic acids is 1. The van der Waals surface area contributed by atoms with Crippen molar-refractivity contribution in [1.82, 2.24) is 0 Å². The standard InChI is InChI=1S/C17H19NO/c1-17(2)11-15(12-7-3-6-10-16(12)19)18-14-9-5-4-8-13(14)17/h4-5,7-9H,3,6,10-11H2,1-2H3. The van der Waals surface area contributed by atoms with Gasteiger partial charge in [-0.2, -0.15) is 0 Å². The van der Waals surface area contributed by atoms with Crippen molar-refractivity contribution in [2.45, 2.75) is 44.9 Å². The van der Waals surface area contributed by atoms with Gasteiger partial charge in [0, 0.05) is 12.0 Å². The van der Waals surface area contributed by atoms with Gasteiger partial charge >= 0.3 is 0 Å². The average Bonchev–Trinajstić information content (AvgIpc) is 2.38. The van der Waals surface area contributed by atoms with Crippen LogP contribution < -0.4 is 0 Å². The molecule has 1 aromatic carbocycles. The van der Waals surface area contributed by atoms with Crippen LogP contribution in [0.3, 0.4) is 0 Å². The summed E-state index contributed by atoms with van der Waals surface area (Å²) in [6, 6.07) is 8.27. The van der Waals surface area contributed by atoms with E-state index in [1.165, 1.54) is 5.56 Å². The lowest BCUT2D eigenvalue weighted by molar-refractivity contribution is -0.115. The molecule has 0 saturated heterocycles. The van der Waals surface area contributed by atoms with Gasteiger partial charge in [0.05, 0.1) is 11.4 Å². The van der Waals surface area contributed by atoms with Crippen molar-refractivity contribution < 1.29 is 4.79 Å². The third-order valence-corrected chi connectivity index (χ3v) is 4.07. The molecule has 0 unspecified atom stereocenters. The van der Waals surface area contributed by atoms with Crippen LogP contribution in [0.25, 0.3) is 0 Å². The number of allylic oxidation sites excluding steroid dienone is 2. The molecule has 1 aromatic rings. The number of hydrogen-bond acceptors (Lipinski definition) is 2. The number of benzene rings is 1. The van der Waals surface area contributed by atoms with Gasteiger partial charge in [0.2, 0.25) is 0 Å². The van der Waals surface area contributed by atoms with Crippen LogP contribution >= 0.6 is 0 Å². The Hall–Kier alpha value is -1.70. The maximum absolute atomic E-state index is 12.1. The topological polar surface area (TPSA) is 29.4 Å². The van der Waals surface area contributed by atoms with E-state index in [4.69, 9.17) is 4.99 Å². The molecular weight excluding hydrogens is 234 g/mol. The minimum absolute atomic E-state index is 0.0479. The third kappa shape index (κ3) is 2.16. The van der Waals surface area contributed by atoms with Crippen molar-refractivity contribution in [2.24, 2.45) is 4.99 Å². The Morgan fingerprint density at radius 3 is 2.79 bits per heavy atom. The molecule has 1 heterocycles. The van der Waals surface area contributed by atoms with Gasteiger partial charge < -0.3 is 0 Å². The molecule has 0 fully saturated rings. The highest BCUT2D eigenvalue weighted by molar-refractivity contribution is 6.23. The maximum Gasteiger partial charge on any atom is 0.164 e. The Labute approximate surface area is 114 Å². The van der Waals surface area contributed by atoms with Crippen molar-refractivity contribution >= 4 is 17.2 Å². The smallest absolute Gasteiger partial charge is 0.164 e. The summed E-state index contributed by atoms with van der Waals surface area (Å²) in [6.07, 6.45) is 5.58. The number of nitrogens with zero attached hydrogens (tertiary/aromatic N) is 1. The van der Waals surface area contributed by atoms with Crippen LogP contribution in [-0.2, 0) is 10.2 Å². The van der Waals surface area contributed by atoms with Crippen molar-refractivity contribution in [2.75, 3.05) is 0 Å². The van der Waals surface area contributed by atoms with Gasteiger partial charge in [-0.05, 0) is 36.3 Å². The number of carbonyl (C=O) groups is 1. The maximum atomic E-state index is 12.1. The van der Waals surface area contributed by atoms with E-state index in [2.05, 4.69) is 32.1 Å². The zero-order valence-corrected chi connectivity index (χ0v) is 11.6. The average molecular weight is 253 g/mol. The van der Waals surface area contributed by atoms with Crippen molar-refractivity contribution in [3.8, 4) is 0 Å². The van der Waals surface area contributed by atoms with E-state index in [1.54, 1.807) is 0 Å². The highest BCUT2D eigenvalue weighted by atomic mass is 16.1. The van der Waals surface area contributed by atoms with Crippen LogP contribution in [0.15, 0.2) is 40.9 Å². The first-order valence-electron chi connectivity index (χ1n) is 6.99. The van der Waals surface area contributed by atoms with Crippen molar-refractivity contribution in [1.29, 1.82) is 0 Å². The zero-order valence-electron chi connectivity index (χ0n) is 11.6. The van der Waals surface area contributed by atoms with E-state index < -0.39 is 0 Å². The minimum atomic E-state index is 0.0479. The molecule has 0 spiro atoms. The zero-order chi connectivity index (χ0) is 13.5. The first-order chi connectivity index (χ1) is 9.08. The van der Waals surface area contributed by atoms with Crippen LogP contribution in [0, 0.1) is 0 Å². The Morgan fingerprint density at radius 2 is 2.00 bits per heavy atom. The molecule has 0 bridgehead atoms. The van der Waals surface area contributed by atoms with Gasteiger partial charge in [0.1, 0.15) is 0 Å². The first kappa shape index (κ1) is 12.3. The quantitative estimate of drug-likeness (QED) is 0.740. The molecule has 1 aliphatic carbocycles. The molecular formula is C17H19NO. The van der Waals surface area contributed by atoms with Crippen molar-refractivity contribution in [3.63, 3.8) is 0 Å². The van der Waals surface area contributed by atoms with E-state index in [0.717, 1.165) is 36.2 Å². The SMILES string of the molecule is CC1(C)CC(C2=CCCCC2=O)=Nc2ccccc21. The van der Waals surface area contributed by atoms with Gasteiger partial charge in [-0.15, -0.1) is 0 Å². The van der Waals surface area contributed by atoms with Gasteiger partial charge in [-0.1, -0.05) is 38.1 Å². The molecule has 0 amide bonds. The van der Waals surface area contributed by atoms with E-state index >= 15 is 0 Å². The number of hydrogen-bond donors (Lipinski definition) is 0. The van der Waals surface area contributed by atoms with Gasteiger partial charge in [0.15, 0.2) is 5.78 Å². The molecule has 19 heavy (non-hydrogen) atoms. The number of ketones is 1. The number of aliphatic imine (C=N–C) groups is 1. The molecule has 98 valence electrons. The fourth-order valence-electron chi connectivity index (χ4n) is 3.03. The second-order valence-corrected chi connectivity index (χ2v) is 6.07. The fraction of sp³-hybridized carbons (Fsp3) is 0.412. The van der Waals surface area contributed by atoms with Crippen molar-refractivity contribution in [3.05, 3.63) is 41.5 Å². The second kappa shape index (κ2) is 4.44. The predicted octanol–water partition coefficient (Wildman–Crippen LogP) is 4.12. The van der Waals surface area contributed by atoms with Gasteiger partial charge in [0.25, 0.3) is 0 Å². The van der Waals surface area contributed by atoms with E-state index in [-0.39, 0.29) is 11.2 Å². The normalized spacial score (nSPS) is 21.5. The summed E-state index contributed by atoms with van der Waals surface area (Å²) in [6.45, 7) is 4.46. The predicted molar refractivity (Wildman–Crippen MR) is 78.1 cm³/mol. The monoisotopic (exact) mass is 253 g/mol. The largest absolute Gasteiger partial charge is 0.294 e. The molecule has 2 heteroatoms. The molecule has 2 aliphatic rings. The summed E-state index contributed by atoms with van der Waals surface area (Å²) < 4.78 is 0. The summed E-state index contributed by atoms with van der Waals surface area (Å²) in [5, 5.41) is 0. The lowest BCUT2D eigenvalue weighted by Crippen LogP contribution is -2.28. The lowest BCUT2D eigenvalue weighted by atomic mass is 9.75. The van der Waals surface area contributed by atoms with Crippen LogP contribution in [0.4, 0.5) is 5.69 Å². The number of rotatable bonds is 1. The fourth-order valence-corrected chi connectivity index (χ4v) is 3.03. The summed E-state index contributed by atoms with van der Waals surface area (Å²) in [5.74, 6) is 0.264. The molecule has 0 atom stereocenters. The Kier molecular flexibility index (Phi) is 2.89. The van der Waals surface area contributed by atoms with Crippen LogP contribution in [0.1, 0.15) is 45.1 Å². The van der Waals surface area contributed by atoms with Gasteiger partial charge in [-0.25, -0.2) is 0 Å². The summed E-state index contributed by atoms with van der Waals surface area (Å²) in [7, 11) is 0. The summed E-state index contributed by atoms with van der Waals surface area (Å²) in [5.41, 5.74) is 4.20. The summed E-state index contributed by atoms with van der Waals surface area (Å²) in [4.78, 5) is 16.8. The molecule has 3 rings (SSSR count). The molecule has 0 radical (unpaired) electrons. The summed E-state index contributed by atoms with van der Waals surface area (Å²) >= 11 is 0. The number of fused-ring (bicyclic) bond motifs is 1. The highest BCUT2D eigenvalue weighted by Gasteiger charge is 2.32. The number of para-hydroxylation sites is 1. The number of Topliss-reactive ketones (excluding diaryl/α,β-unsaturated/α-hetero) is 1. The molecule has 0 N–H and O–H groups in total. The van der Waals surface area contributed by atoms with Crippen LogP contribution in [0.5, 0.6) is 0 Å². The Bertz CT molecular complexity index is 593. The first-order valence-corrected chi connectivity index (χ1v) is 6.99. The highest BCUT2D eigenvalue weighted by Crippen LogP contribution is 2.40. The molecule has 0 saturated carbocycles. The molecule has 1 aliphatic heterocycles. The minimum Gasteiger partial charge on any atom is -0.294 e. The van der Waals surface area contributed by atoms with E-state index in [9.17, 15) is 4.79 Å². The third-order valence-electron chi connectivity index (χ3n) is 4.07. The molecule has 0 aromatic heterocycles. The van der Waals surface area contributed by atoms with Gasteiger partial charge in [-0.3, -0.25) is 9.79 Å². The Balaban J connectivity index is 2.08.